The summed E-state index contributed by atoms with van der Waals surface area (Å²) >= 11 is 5.02. The first-order valence-electron chi connectivity index (χ1n) is 5.00. The number of anilines is 1. The van der Waals surface area contributed by atoms with Gasteiger partial charge in [-0.1, -0.05) is 0 Å². The first-order chi connectivity index (χ1) is 8.13. The second-order valence-electron chi connectivity index (χ2n) is 3.49. The fraction of sp³-hybridized carbons (Fsp3) is 0.182. The number of thiophene rings is 1. The molecule has 0 fully saturated rings. The highest BCUT2D eigenvalue weighted by Crippen LogP contribution is 2.20. The van der Waals surface area contributed by atoms with Crippen molar-refractivity contribution in [1.82, 2.24) is 9.97 Å². The molecule has 0 atom stereocenters. The molecule has 1 N–H and O–H groups in total. The lowest BCUT2D eigenvalue weighted by Crippen LogP contribution is -1.99. The highest BCUT2D eigenvalue weighted by Gasteiger charge is 1.97. The van der Waals surface area contributed by atoms with Gasteiger partial charge in [0.25, 0.3) is 0 Å². The molecule has 2 heterocycles. The fourth-order valence-electron chi connectivity index (χ4n) is 1.33. The molecule has 4 nitrogen and oxygen atoms in total. The molecule has 17 heavy (non-hydrogen) atoms. The van der Waals surface area contributed by atoms with Gasteiger partial charge in [-0.15, -0.1) is 11.3 Å². The molecular formula is C11H11BrN4S. The third-order valence-electron chi connectivity index (χ3n) is 1.93. The monoisotopic (exact) mass is 310 g/mol. The predicted octanol–water partition coefficient (Wildman–Crippen LogP) is 3.36. The Morgan fingerprint density at radius 3 is 2.59 bits per heavy atom. The van der Waals surface area contributed by atoms with Crippen molar-refractivity contribution < 1.29 is 0 Å². The maximum absolute atomic E-state index is 4.23. The summed E-state index contributed by atoms with van der Waals surface area (Å²) in [6.45, 7) is 3.86. The highest BCUT2D eigenvalue weighted by atomic mass is 79.9. The van der Waals surface area contributed by atoms with E-state index in [-0.39, 0.29) is 0 Å². The highest BCUT2D eigenvalue weighted by molar-refractivity contribution is 9.11. The maximum Gasteiger partial charge on any atom is 0.243 e. The minimum atomic E-state index is 0.523. The SMILES string of the molecule is Cc1cc(C)nc(N/N=C\c2ccc(Br)s2)n1. The van der Waals surface area contributed by atoms with Crippen molar-refractivity contribution in [2.24, 2.45) is 5.10 Å². The van der Waals surface area contributed by atoms with Crippen molar-refractivity contribution in [2.75, 3.05) is 5.43 Å². The molecule has 0 unspecified atom stereocenters. The van der Waals surface area contributed by atoms with Crippen molar-refractivity contribution in [2.45, 2.75) is 13.8 Å². The van der Waals surface area contributed by atoms with Crippen LogP contribution in [-0.4, -0.2) is 16.2 Å². The van der Waals surface area contributed by atoms with Gasteiger partial charge in [-0.25, -0.2) is 15.4 Å². The quantitative estimate of drug-likeness (QED) is 0.698. The number of rotatable bonds is 3. The van der Waals surface area contributed by atoms with Crippen LogP contribution in [0.4, 0.5) is 5.95 Å². The molecule has 2 rings (SSSR count). The van der Waals surface area contributed by atoms with E-state index in [0.29, 0.717) is 5.95 Å². The van der Waals surface area contributed by atoms with E-state index >= 15 is 0 Å². The Kier molecular flexibility index (Phi) is 3.86. The van der Waals surface area contributed by atoms with E-state index in [0.717, 1.165) is 20.1 Å². The molecule has 0 aliphatic heterocycles. The van der Waals surface area contributed by atoms with E-state index < -0.39 is 0 Å². The number of hydrazone groups is 1. The molecule has 0 amide bonds. The van der Waals surface area contributed by atoms with Crippen LogP contribution in [0.2, 0.25) is 0 Å². The third-order valence-corrected chi connectivity index (χ3v) is 3.49. The smallest absolute Gasteiger partial charge is 0.243 e. The summed E-state index contributed by atoms with van der Waals surface area (Å²) in [7, 11) is 0. The normalized spacial score (nSPS) is 11.0. The van der Waals surface area contributed by atoms with Gasteiger partial charge < -0.3 is 0 Å². The van der Waals surface area contributed by atoms with E-state index in [1.54, 1.807) is 17.6 Å². The third kappa shape index (κ3) is 3.61. The molecule has 2 aromatic rings. The lowest BCUT2D eigenvalue weighted by Gasteiger charge is -2.00. The Hall–Kier alpha value is -1.27. The van der Waals surface area contributed by atoms with Crippen molar-refractivity contribution in [3.8, 4) is 0 Å². The molecule has 0 aliphatic rings. The molecule has 0 spiro atoms. The van der Waals surface area contributed by atoms with Gasteiger partial charge in [0.1, 0.15) is 0 Å². The van der Waals surface area contributed by atoms with Gasteiger partial charge in [0.15, 0.2) is 0 Å². The molecule has 88 valence electrons. The van der Waals surface area contributed by atoms with E-state index in [1.165, 1.54) is 0 Å². The molecule has 6 heteroatoms. The first kappa shape index (κ1) is 12.2. The molecule has 0 aromatic carbocycles. The first-order valence-corrected chi connectivity index (χ1v) is 6.61. The zero-order valence-electron chi connectivity index (χ0n) is 9.44. The van der Waals surface area contributed by atoms with Gasteiger partial charge in [0.05, 0.1) is 10.0 Å². The molecular weight excluding hydrogens is 300 g/mol. The van der Waals surface area contributed by atoms with E-state index in [4.69, 9.17) is 0 Å². The maximum atomic E-state index is 4.23. The minimum absolute atomic E-state index is 0.523. The van der Waals surface area contributed by atoms with Crippen molar-refractivity contribution >= 4 is 39.4 Å². The Bertz CT molecular complexity index is 530. The summed E-state index contributed by atoms with van der Waals surface area (Å²) in [6.07, 6.45) is 1.75. The number of halogens is 1. The summed E-state index contributed by atoms with van der Waals surface area (Å²) in [5.41, 5.74) is 4.67. The number of nitrogens with one attached hydrogen (secondary N) is 1. The van der Waals surface area contributed by atoms with Crippen LogP contribution < -0.4 is 5.43 Å². The van der Waals surface area contributed by atoms with Crippen LogP contribution in [0.15, 0.2) is 27.1 Å². The molecule has 0 radical (unpaired) electrons. The molecule has 0 bridgehead atoms. The van der Waals surface area contributed by atoms with Crippen LogP contribution in [0.5, 0.6) is 0 Å². The average Bonchev–Trinajstić information content (AvgIpc) is 2.63. The number of aryl methyl sites for hydroxylation is 2. The van der Waals surface area contributed by atoms with Gasteiger partial charge in [0, 0.05) is 16.3 Å². The van der Waals surface area contributed by atoms with Crippen LogP contribution in [-0.2, 0) is 0 Å². The van der Waals surface area contributed by atoms with Gasteiger partial charge in [-0.2, -0.15) is 5.10 Å². The fourth-order valence-corrected chi connectivity index (χ4v) is 2.62. The van der Waals surface area contributed by atoms with Crippen LogP contribution in [0.3, 0.4) is 0 Å². The number of hydrogen-bond donors (Lipinski definition) is 1. The summed E-state index contributed by atoms with van der Waals surface area (Å²) in [6, 6.07) is 5.90. The second-order valence-corrected chi connectivity index (χ2v) is 5.98. The minimum Gasteiger partial charge on any atom is -0.245 e. The van der Waals surface area contributed by atoms with Crippen molar-refractivity contribution in [1.29, 1.82) is 0 Å². The van der Waals surface area contributed by atoms with Crippen LogP contribution in [0, 0.1) is 13.8 Å². The van der Waals surface area contributed by atoms with Gasteiger partial charge in [0.2, 0.25) is 5.95 Å². The Morgan fingerprint density at radius 2 is 2.00 bits per heavy atom. The Balaban J connectivity index is 2.04. The van der Waals surface area contributed by atoms with Crippen LogP contribution >= 0.6 is 27.3 Å². The summed E-state index contributed by atoms with van der Waals surface area (Å²) in [5, 5.41) is 4.10. The Labute approximate surface area is 112 Å². The molecule has 0 aliphatic carbocycles. The van der Waals surface area contributed by atoms with Gasteiger partial charge in [-0.3, -0.25) is 0 Å². The van der Waals surface area contributed by atoms with E-state index in [1.807, 2.05) is 32.0 Å². The van der Waals surface area contributed by atoms with Crippen molar-refractivity contribution in [3.05, 3.63) is 38.3 Å². The zero-order chi connectivity index (χ0) is 12.3. The van der Waals surface area contributed by atoms with Crippen LogP contribution in [0.25, 0.3) is 0 Å². The largest absolute Gasteiger partial charge is 0.245 e. The second kappa shape index (κ2) is 5.37. The average molecular weight is 311 g/mol. The lowest BCUT2D eigenvalue weighted by atomic mass is 10.4. The van der Waals surface area contributed by atoms with E-state index in [9.17, 15) is 0 Å². The standard InChI is InChI=1S/C11H11BrN4S/c1-7-5-8(2)15-11(14-7)16-13-6-9-3-4-10(12)17-9/h3-6H,1-2H3,(H,14,15,16)/b13-6-. The van der Waals surface area contributed by atoms with Crippen LogP contribution in [0.1, 0.15) is 16.3 Å². The van der Waals surface area contributed by atoms with Crippen molar-refractivity contribution in [3.63, 3.8) is 0 Å². The molecule has 0 saturated heterocycles. The summed E-state index contributed by atoms with van der Waals surface area (Å²) in [4.78, 5) is 9.52. The summed E-state index contributed by atoms with van der Waals surface area (Å²) < 4.78 is 1.08. The zero-order valence-corrected chi connectivity index (χ0v) is 11.8. The van der Waals surface area contributed by atoms with E-state index in [2.05, 4.69) is 36.4 Å². The number of nitrogens with zero attached hydrogens (tertiary/aromatic N) is 3. The van der Waals surface area contributed by atoms with Gasteiger partial charge >= 0.3 is 0 Å². The topological polar surface area (TPSA) is 50.2 Å². The lowest BCUT2D eigenvalue weighted by molar-refractivity contribution is 1.04. The Morgan fingerprint density at radius 1 is 1.29 bits per heavy atom. The molecule has 0 saturated carbocycles. The molecule has 2 aromatic heterocycles. The summed E-state index contributed by atoms with van der Waals surface area (Å²) in [5.74, 6) is 0.523. The van der Waals surface area contributed by atoms with Gasteiger partial charge in [-0.05, 0) is 48.0 Å². The number of aromatic nitrogens is 2. The predicted molar refractivity (Wildman–Crippen MR) is 74.7 cm³/mol. The number of hydrogen-bond acceptors (Lipinski definition) is 5.